The number of ether oxygens (including phenoxy) is 1. The maximum absolute atomic E-state index is 5.82. The van der Waals surface area contributed by atoms with Gasteiger partial charge in [0.15, 0.2) is 11.0 Å². The van der Waals surface area contributed by atoms with E-state index in [-0.39, 0.29) is 5.84 Å². The Bertz CT molecular complexity index is 458. The molecule has 0 atom stereocenters. The minimum absolute atomic E-state index is 0.257. The Morgan fingerprint density at radius 3 is 2.79 bits per heavy atom. The van der Waals surface area contributed by atoms with Gasteiger partial charge < -0.3 is 15.4 Å². The molecule has 2 N–H and O–H groups in total. The molecule has 7 nitrogen and oxygen atoms in total. The van der Waals surface area contributed by atoms with Crippen LogP contribution in [0, 0.1) is 0 Å². The third-order valence-electron chi connectivity index (χ3n) is 2.53. The number of rotatable bonds is 2. The fraction of sp³-hybridized carbons (Fsp3) is 0.455. The summed E-state index contributed by atoms with van der Waals surface area (Å²) in [6.45, 7) is 3.06. The van der Waals surface area contributed by atoms with E-state index >= 15 is 0 Å². The second kappa shape index (κ2) is 7.05. The lowest BCUT2D eigenvalue weighted by atomic mass is 10.4. The summed E-state index contributed by atoms with van der Waals surface area (Å²) >= 11 is 1.54. The summed E-state index contributed by atoms with van der Waals surface area (Å²) in [4.78, 5) is 10.1. The predicted molar refractivity (Wildman–Crippen MR) is 76.1 cm³/mol. The fourth-order valence-electron chi connectivity index (χ4n) is 1.57. The van der Waals surface area contributed by atoms with Crippen LogP contribution in [0.5, 0.6) is 0 Å². The molecular weight excluding hydrogens is 264 g/mol. The van der Waals surface area contributed by atoms with E-state index in [2.05, 4.69) is 25.1 Å². The molecular formula is C11H16N6OS. The molecule has 1 saturated heterocycles. The summed E-state index contributed by atoms with van der Waals surface area (Å²) in [5, 5.41) is 9.03. The summed E-state index contributed by atoms with van der Waals surface area (Å²) in [5.74, 6) is 0.257. The summed E-state index contributed by atoms with van der Waals surface area (Å²) in [5.41, 5.74) is 6.34. The van der Waals surface area contributed by atoms with Crippen LogP contribution in [-0.4, -0.2) is 58.4 Å². The highest BCUT2D eigenvalue weighted by Gasteiger charge is 2.14. The van der Waals surface area contributed by atoms with Crippen molar-refractivity contribution in [2.75, 3.05) is 32.6 Å². The highest BCUT2D eigenvalue weighted by Crippen LogP contribution is 2.08. The lowest BCUT2D eigenvalue weighted by Crippen LogP contribution is -2.39. The molecule has 0 bridgehead atoms. The van der Waals surface area contributed by atoms with Crippen LogP contribution in [0.1, 0.15) is 5.69 Å². The molecule has 0 radical (unpaired) electrons. The molecule has 19 heavy (non-hydrogen) atoms. The molecule has 0 amide bonds. The molecule has 0 aromatic carbocycles. The van der Waals surface area contributed by atoms with Gasteiger partial charge in [0.25, 0.3) is 0 Å². The van der Waals surface area contributed by atoms with Crippen LogP contribution in [0.4, 0.5) is 0 Å². The van der Waals surface area contributed by atoms with Crippen LogP contribution in [0.3, 0.4) is 0 Å². The van der Waals surface area contributed by atoms with Crippen LogP contribution in [0.2, 0.25) is 0 Å². The van der Waals surface area contributed by atoms with Gasteiger partial charge >= 0.3 is 0 Å². The summed E-state index contributed by atoms with van der Waals surface area (Å²) in [6.07, 6.45) is 6.67. The van der Waals surface area contributed by atoms with Crippen LogP contribution in [0.25, 0.3) is 0 Å². The van der Waals surface area contributed by atoms with Crippen molar-refractivity contribution in [2.45, 2.75) is 0 Å². The smallest absolute Gasteiger partial charge is 0.185 e. The maximum Gasteiger partial charge on any atom is 0.185 e. The topological polar surface area (TPSA) is 89.0 Å². The van der Waals surface area contributed by atoms with E-state index in [0.29, 0.717) is 18.9 Å². The Balaban J connectivity index is 2.09. The van der Waals surface area contributed by atoms with E-state index in [1.54, 1.807) is 18.6 Å². The molecule has 2 rings (SSSR count). The number of aromatic nitrogens is 2. The van der Waals surface area contributed by atoms with E-state index in [1.165, 1.54) is 11.8 Å². The van der Waals surface area contributed by atoms with Gasteiger partial charge in [0.05, 0.1) is 19.4 Å². The normalized spacial score (nSPS) is 17.6. The van der Waals surface area contributed by atoms with Crippen molar-refractivity contribution in [3.8, 4) is 0 Å². The average molecular weight is 280 g/mol. The van der Waals surface area contributed by atoms with Gasteiger partial charge in [-0.15, -0.1) is 10.2 Å². The van der Waals surface area contributed by atoms with E-state index in [4.69, 9.17) is 10.5 Å². The quantitative estimate of drug-likeness (QED) is 0.471. The minimum atomic E-state index is 0.257. The molecule has 1 aromatic rings. The molecule has 0 saturated carbocycles. The Morgan fingerprint density at radius 1 is 1.37 bits per heavy atom. The molecule has 0 aliphatic carbocycles. The van der Waals surface area contributed by atoms with Crippen LogP contribution >= 0.6 is 11.8 Å². The van der Waals surface area contributed by atoms with Crippen molar-refractivity contribution in [1.29, 1.82) is 0 Å². The van der Waals surface area contributed by atoms with Crippen LogP contribution < -0.4 is 5.73 Å². The molecule has 2 heterocycles. The number of nitrogens with two attached hydrogens (primary N) is 1. The second-order valence-corrected chi connectivity index (χ2v) is 4.54. The lowest BCUT2D eigenvalue weighted by Gasteiger charge is -2.28. The van der Waals surface area contributed by atoms with Gasteiger partial charge in [-0.1, -0.05) is 11.8 Å². The van der Waals surface area contributed by atoms with Gasteiger partial charge in [-0.05, 0) is 6.26 Å². The monoisotopic (exact) mass is 280 g/mol. The fourth-order valence-corrected chi connectivity index (χ4v) is 2.13. The predicted octanol–water partition coefficient (Wildman–Crippen LogP) is 0.148. The molecule has 1 aliphatic heterocycles. The van der Waals surface area contributed by atoms with Crippen LogP contribution in [0.15, 0.2) is 28.8 Å². The molecule has 1 fully saturated rings. The number of hydrogen-bond donors (Lipinski definition) is 1. The van der Waals surface area contributed by atoms with Gasteiger partial charge in [-0.3, -0.25) is 4.98 Å². The van der Waals surface area contributed by atoms with Gasteiger partial charge in [0.2, 0.25) is 0 Å². The SMILES string of the molecule is CS/C(=N\N=C(/N)c1cnccn1)N1CCOCC1. The first-order chi connectivity index (χ1) is 9.31. The Kier molecular flexibility index (Phi) is 5.10. The Hall–Kier alpha value is -1.67. The van der Waals surface area contributed by atoms with Crippen molar-refractivity contribution in [2.24, 2.45) is 15.9 Å². The number of thioether (sulfide) groups is 1. The Morgan fingerprint density at radius 2 is 2.16 bits per heavy atom. The van der Waals surface area contributed by atoms with Gasteiger partial charge in [0, 0.05) is 25.5 Å². The second-order valence-electron chi connectivity index (χ2n) is 3.76. The molecule has 102 valence electrons. The standard InChI is InChI=1S/C11H16N6OS/c1-19-11(17-4-6-18-7-5-17)16-15-10(12)9-8-13-2-3-14-9/h2-3,8H,4-7H2,1H3,(H2,12,15)/b16-11-. The largest absolute Gasteiger partial charge is 0.380 e. The molecule has 1 aliphatic rings. The van der Waals surface area contributed by atoms with E-state index in [1.807, 2.05) is 6.26 Å². The third-order valence-corrected chi connectivity index (χ3v) is 3.24. The number of nitrogens with zero attached hydrogens (tertiary/aromatic N) is 5. The average Bonchev–Trinajstić information content (AvgIpc) is 2.49. The van der Waals surface area contributed by atoms with Crippen LogP contribution in [-0.2, 0) is 4.74 Å². The molecule has 1 aromatic heterocycles. The first-order valence-corrected chi connectivity index (χ1v) is 7.08. The van der Waals surface area contributed by atoms with Crippen molar-refractivity contribution >= 4 is 22.8 Å². The lowest BCUT2D eigenvalue weighted by molar-refractivity contribution is 0.0693. The zero-order valence-corrected chi connectivity index (χ0v) is 11.5. The molecule has 0 unspecified atom stereocenters. The zero-order valence-electron chi connectivity index (χ0n) is 10.7. The third kappa shape index (κ3) is 3.90. The van der Waals surface area contributed by atoms with E-state index in [0.717, 1.165) is 18.3 Å². The number of hydrogen-bond acceptors (Lipinski definition) is 6. The van der Waals surface area contributed by atoms with Crippen molar-refractivity contribution in [3.63, 3.8) is 0 Å². The summed E-state index contributed by atoms with van der Waals surface area (Å²) < 4.78 is 5.30. The van der Waals surface area contributed by atoms with Crippen molar-refractivity contribution < 1.29 is 4.74 Å². The molecule has 0 spiro atoms. The number of morpholine rings is 1. The van der Waals surface area contributed by atoms with Gasteiger partial charge in [-0.2, -0.15) is 0 Å². The van der Waals surface area contributed by atoms with Gasteiger partial charge in [-0.25, -0.2) is 4.98 Å². The zero-order chi connectivity index (χ0) is 13.5. The first-order valence-electron chi connectivity index (χ1n) is 5.85. The highest BCUT2D eigenvalue weighted by molar-refractivity contribution is 8.13. The first kappa shape index (κ1) is 13.8. The summed E-state index contributed by atoms with van der Waals surface area (Å²) in [7, 11) is 0. The van der Waals surface area contributed by atoms with Gasteiger partial charge in [0.1, 0.15) is 5.69 Å². The van der Waals surface area contributed by atoms with E-state index in [9.17, 15) is 0 Å². The summed E-state index contributed by atoms with van der Waals surface area (Å²) in [6, 6.07) is 0. The van der Waals surface area contributed by atoms with Crippen molar-refractivity contribution in [1.82, 2.24) is 14.9 Å². The van der Waals surface area contributed by atoms with Crippen molar-refractivity contribution in [3.05, 3.63) is 24.3 Å². The van der Waals surface area contributed by atoms with E-state index < -0.39 is 0 Å². The highest BCUT2D eigenvalue weighted by atomic mass is 32.2. The minimum Gasteiger partial charge on any atom is -0.380 e. The molecule has 8 heteroatoms. The number of amidine groups is 2. The Labute approximate surface area is 116 Å². The maximum atomic E-state index is 5.82.